The van der Waals surface area contributed by atoms with E-state index in [0.29, 0.717) is 0 Å². The molecular weight excluding hydrogens is 254 g/mol. The lowest BCUT2D eigenvalue weighted by Gasteiger charge is -2.26. The third-order valence-corrected chi connectivity index (χ3v) is 3.04. The smallest absolute Gasteiger partial charge is 0.219 e. The van der Waals surface area contributed by atoms with Crippen molar-refractivity contribution in [1.29, 1.82) is 0 Å². The number of ether oxygens (including phenoxy) is 1. The molecule has 0 aliphatic heterocycles. The van der Waals surface area contributed by atoms with E-state index in [1.165, 1.54) is 0 Å². The number of methoxy groups -OCH3 is 1. The molecule has 0 bridgehead atoms. The topological polar surface area (TPSA) is 77.2 Å². The second kappa shape index (κ2) is 5.36. The Morgan fingerprint density at radius 3 is 2.80 bits per heavy atom. The van der Waals surface area contributed by atoms with Crippen molar-refractivity contribution in [2.24, 2.45) is 5.73 Å². The summed E-state index contributed by atoms with van der Waals surface area (Å²) in [5.74, 6) is 1.19. The number of aromatic nitrogens is 1. The van der Waals surface area contributed by atoms with Gasteiger partial charge in [-0.15, -0.1) is 0 Å². The van der Waals surface area contributed by atoms with E-state index >= 15 is 0 Å². The second-order valence-corrected chi connectivity index (χ2v) is 5.40. The van der Waals surface area contributed by atoms with Gasteiger partial charge in [0.25, 0.3) is 0 Å². The Hall–Kier alpha value is -2.30. The highest BCUT2D eigenvalue weighted by Crippen LogP contribution is 2.27. The Morgan fingerprint density at radius 2 is 2.15 bits per heavy atom. The second-order valence-electron chi connectivity index (χ2n) is 5.40. The molecule has 5 heteroatoms. The van der Waals surface area contributed by atoms with Crippen LogP contribution in [0, 0.1) is 0 Å². The summed E-state index contributed by atoms with van der Waals surface area (Å²) in [5, 5.41) is 5.28. The van der Waals surface area contributed by atoms with E-state index in [-0.39, 0.29) is 12.3 Å². The predicted molar refractivity (Wildman–Crippen MR) is 79.8 cm³/mol. The van der Waals surface area contributed by atoms with Crippen LogP contribution in [-0.2, 0) is 4.79 Å². The number of nitrogens with two attached hydrogens (primary N) is 1. The number of hydrogen-bond acceptors (Lipinski definition) is 4. The summed E-state index contributed by atoms with van der Waals surface area (Å²) in [7, 11) is 1.64. The first kappa shape index (κ1) is 14.1. The van der Waals surface area contributed by atoms with Crippen molar-refractivity contribution in [3.05, 3.63) is 30.5 Å². The van der Waals surface area contributed by atoms with Crippen LogP contribution in [0.15, 0.2) is 30.5 Å². The molecule has 5 nitrogen and oxygen atoms in total. The molecule has 1 aromatic carbocycles. The van der Waals surface area contributed by atoms with Gasteiger partial charge in [0.2, 0.25) is 5.91 Å². The molecule has 1 heterocycles. The fraction of sp³-hybridized carbons (Fsp3) is 0.333. The average Bonchev–Trinajstić information content (AvgIpc) is 2.36. The van der Waals surface area contributed by atoms with Gasteiger partial charge in [-0.25, -0.2) is 4.98 Å². The van der Waals surface area contributed by atoms with E-state index < -0.39 is 5.54 Å². The zero-order valence-electron chi connectivity index (χ0n) is 11.9. The number of nitrogens with zero attached hydrogens (tertiary/aromatic N) is 1. The van der Waals surface area contributed by atoms with Crippen LogP contribution >= 0.6 is 0 Å². The average molecular weight is 273 g/mol. The van der Waals surface area contributed by atoms with Gasteiger partial charge in [-0.3, -0.25) is 4.79 Å². The standard InChI is InChI=1S/C15H19N3O2/c1-15(2,9-13(16)19)18-14-12-5-4-11(20-3)8-10(12)6-7-17-14/h4-8H,9H2,1-3H3,(H2,16,19)(H,17,18). The van der Waals surface area contributed by atoms with Crippen molar-refractivity contribution in [3.63, 3.8) is 0 Å². The number of carbonyl (C=O) groups is 1. The maximum Gasteiger partial charge on any atom is 0.219 e. The molecule has 0 fully saturated rings. The van der Waals surface area contributed by atoms with E-state index in [0.717, 1.165) is 22.3 Å². The maximum atomic E-state index is 11.1. The molecule has 1 aromatic heterocycles. The van der Waals surface area contributed by atoms with Crippen LogP contribution in [0.3, 0.4) is 0 Å². The van der Waals surface area contributed by atoms with Gasteiger partial charge in [0.05, 0.1) is 7.11 Å². The number of carbonyl (C=O) groups excluding carboxylic acids is 1. The maximum absolute atomic E-state index is 11.1. The van der Waals surface area contributed by atoms with Gasteiger partial charge in [-0.1, -0.05) is 0 Å². The van der Waals surface area contributed by atoms with E-state index in [2.05, 4.69) is 10.3 Å². The van der Waals surface area contributed by atoms with Crippen LogP contribution in [-0.4, -0.2) is 23.5 Å². The number of amides is 1. The van der Waals surface area contributed by atoms with Gasteiger partial charge in [0.15, 0.2) is 0 Å². The molecule has 1 amide bonds. The number of fused-ring (bicyclic) bond motifs is 1. The molecule has 3 N–H and O–H groups in total. The quantitative estimate of drug-likeness (QED) is 0.876. The van der Waals surface area contributed by atoms with Crippen molar-refractivity contribution in [3.8, 4) is 5.75 Å². The Kier molecular flexibility index (Phi) is 3.79. The molecule has 0 unspecified atom stereocenters. The molecule has 20 heavy (non-hydrogen) atoms. The van der Waals surface area contributed by atoms with Gasteiger partial charge in [-0.2, -0.15) is 0 Å². The largest absolute Gasteiger partial charge is 0.497 e. The summed E-state index contributed by atoms with van der Waals surface area (Å²) in [6, 6.07) is 7.70. The molecule has 0 spiro atoms. The lowest BCUT2D eigenvalue weighted by atomic mass is 10.00. The minimum atomic E-state index is -0.451. The Labute approximate surface area is 118 Å². The molecule has 0 aliphatic rings. The Balaban J connectivity index is 2.37. The molecule has 0 aliphatic carbocycles. The van der Waals surface area contributed by atoms with Crippen LogP contribution < -0.4 is 15.8 Å². The van der Waals surface area contributed by atoms with Crippen LogP contribution in [0.25, 0.3) is 10.8 Å². The number of hydrogen-bond donors (Lipinski definition) is 2. The summed E-state index contributed by atoms with van der Waals surface area (Å²) in [4.78, 5) is 15.4. The van der Waals surface area contributed by atoms with Crippen molar-refractivity contribution in [2.75, 3.05) is 12.4 Å². The molecule has 106 valence electrons. The van der Waals surface area contributed by atoms with Crippen LogP contribution in [0.2, 0.25) is 0 Å². The summed E-state index contributed by atoms with van der Waals surface area (Å²) < 4.78 is 5.21. The van der Waals surface area contributed by atoms with Gasteiger partial charge in [0, 0.05) is 23.5 Å². The minimum Gasteiger partial charge on any atom is -0.497 e. The summed E-state index contributed by atoms with van der Waals surface area (Å²) in [5.41, 5.74) is 4.82. The molecule has 0 saturated carbocycles. The SMILES string of the molecule is COc1ccc2c(NC(C)(C)CC(N)=O)nccc2c1. The zero-order chi connectivity index (χ0) is 14.8. The van der Waals surface area contributed by atoms with E-state index in [4.69, 9.17) is 10.5 Å². The monoisotopic (exact) mass is 273 g/mol. The highest BCUT2D eigenvalue weighted by Gasteiger charge is 2.21. The molecule has 0 radical (unpaired) electrons. The van der Waals surface area contributed by atoms with Gasteiger partial charge < -0.3 is 15.8 Å². The predicted octanol–water partition coefficient (Wildman–Crippen LogP) is 2.31. The van der Waals surface area contributed by atoms with Gasteiger partial charge in [-0.05, 0) is 43.5 Å². The van der Waals surface area contributed by atoms with Crippen molar-refractivity contribution in [1.82, 2.24) is 4.98 Å². The number of pyridine rings is 1. The molecule has 0 saturated heterocycles. The van der Waals surface area contributed by atoms with E-state index in [1.807, 2.05) is 38.1 Å². The summed E-state index contributed by atoms with van der Waals surface area (Å²) >= 11 is 0. The van der Waals surface area contributed by atoms with E-state index in [1.54, 1.807) is 13.3 Å². The van der Waals surface area contributed by atoms with Crippen molar-refractivity contribution < 1.29 is 9.53 Å². The fourth-order valence-electron chi connectivity index (χ4n) is 2.18. The lowest BCUT2D eigenvalue weighted by Crippen LogP contribution is -2.36. The number of anilines is 1. The number of primary amides is 1. The lowest BCUT2D eigenvalue weighted by molar-refractivity contribution is -0.118. The van der Waals surface area contributed by atoms with Crippen molar-refractivity contribution in [2.45, 2.75) is 25.8 Å². The highest BCUT2D eigenvalue weighted by molar-refractivity contribution is 5.93. The number of rotatable bonds is 5. The third-order valence-electron chi connectivity index (χ3n) is 3.04. The number of benzene rings is 1. The molecule has 2 rings (SSSR count). The minimum absolute atomic E-state index is 0.237. The summed E-state index contributed by atoms with van der Waals surface area (Å²) in [6.45, 7) is 3.84. The normalized spacial score (nSPS) is 11.3. The Morgan fingerprint density at radius 1 is 1.40 bits per heavy atom. The molecule has 2 aromatic rings. The first-order valence-corrected chi connectivity index (χ1v) is 6.40. The first-order chi connectivity index (χ1) is 9.41. The molecular formula is C15H19N3O2. The third kappa shape index (κ3) is 3.17. The summed E-state index contributed by atoms with van der Waals surface area (Å²) in [6.07, 6.45) is 1.96. The zero-order valence-corrected chi connectivity index (χ0v) is 11.9. The van der Waals surface area contributed by atoms with Crippen LogP contribution in [0.5, 0.6) is 5.75 Å². The Bertz CT molecular complexity index is 638. The fourth-order valence-corrected chi connectivity index (χ4v) is 2.18. The first-order valence-electron chi connectivity index (χ1n) is 6.40. The highest BCUT2D eigenvalue weighted by atomic mass is 16.5. The van der Waals surface area contributed by atoms with Gasteiger partial charge >= 0.3 is 0 Å². The van der Waals surface area contributed by atoms with Crippen LogP contribution in [0.1, 0.15) is 20.3 Å². The number of nitrogens with one attached hydrogen (secondary N) is 1. The van der Waals surface area contributed by atoms with Crippen molar-refractivity contribution >= 4 is 22.5 Å². The van der Waals surface area contributed by atoms with Crippen LogP contribution in [0.4, 0.5) is 5.82 Å². The molecule has 0 atom stereocenters. The van der Waals surface area contributed by atoms with E-state index in [9.17, 15) is 4.79 Å². The van der Waals surface area contributed by atoms with Gasteiger partial charge in [0.1, 0.15) is 11.6 Å².